The molecule has 0 amide bonds. The Kier molecular flexibility index (Phi) is 6.01. The predicted molar refractivity (Wildman–Crippen MR) is 85.8 cm³/mol. The van der Waals surface area contributed by atoms with Crippen LogP contribution in [0.3, 0.4) is 0 Å². The number of esters is 1. The monoisotopic (exact) mass is 329 g/mol. The molecule has 0 aromatic carbocycles. The van der Waals surface area contributed by atoms with E-state index in [1.807, 2.05) is 13.8 Å². The van der Waals surface area contributed by atoms with Gasteiger partial charge in [-0.3, -0.25) is 4.79 Å². The van der Waals surface area contributed by atoms with Crippen LogP contribution in [0.2, 0.25) is 0 Å². The number of aryl methyl sites for hydroxylation is 1. The molecule has 118 valence electrons. The molecule has 1 saturated carbocycles. The molecule has 2 atom stereocenters. The van der Waals surface area contributed by atoms with Crippen molar-refractivity contribution in [2.45, 2.75) is 61.6 Å². The maximum atomic E-state index is 12.3. The van der Waals surface area contributed by atoms with Crippen LogP contribution in [-0.4, -0.2) is 39.3 Å². The number of hydrogen-bond donors (Lipinski definition) is 1. The van der Waals surface area contributed by atoms with Gasteiger partial charge in [-0.15, -0.1) is 0 Å². The van der Waals surface area contributed by atoms with Gasteiger partial charge in [-0.2, -0.15) is 4.37 Å². The predicted octanol–water partition coefficient (Wildman–Crippen LogP) is 2.66. The summed E-state index contributed by atoms with van der Waals surface area (Å²) < 4.78 is 10.6. The molecule has 1 aromatic heterocycles. The van der Waals surface area contributed by atoms with Crippen LogP contribution in [0.25, 0.3) is 0 Å². The van der Waals surface area contributed by atoms with Crippen LogP contribution in [0.1, 0.15) is 45.9 Å². The van der Waals surface area contributed by atoms with Crippen molar-refractivity contribution in [3.63, 3.8) is 0 Å². The minimum Gasteiger partial charge on any atom is -0.465 e. The summed E-state index contributed by atoms with van der Waals surface area (Å²) in [5.74, 6) is 0.797. The molecule has 0 bridgehead atoms. The first-order chi connectivity index (χ1) is 10.1. The van der Waals surface area contributed by atoms with Crippen LogP contribution >= 0.6 is 23.3 Å². The fourth-order valence-electron chi connectivity index (χ4n) is 2.70. The third-order valence-corrected chi connectivity index (χ3v) is 5.77. The molecular formula is C14H23N3O2S2. The summed E-state index contributed by atoms with van der Waals surface area (Å²) in [6.07, 6.45) is 3.49. The molecule has 0 saturated heterocycles. The van der Waals surface area contributed by atoms with Crippen molar-refractivity contribution in [3.05, 3.63) is 5.82 Å². The van der Waals surface area contributed by atoms with Gasteiger partial charge in [0.05, 0.1) is 6.61 Å². The lowest BCUT2D eigenvalue weighted by molar-refractivity contribution is -0.151. The quantitative estimate of drug-likeness (QED) is 0.776. The van der Waals surface area contributed by atoms with Gasteiger partial charge in [0, 0.05) is 11.7 Å². The zero-order chi connectivity index (χ0) is 15.3. The van der Waals surface area contributed by atoms with Gasteiger partial charge in [0.1, 0.15) is 11.4 Å². The molecule has 1 aliphatic carbocycles. The minimum absolute atomic E-state index is 0.110. The van der Waals surface area contributed by atoms with Gasteiger partial charge >= 0.3 is 5.97 Å². The number of thioether (sulfide) groups is 1. The van der Waals surface area contributed by atoms with E-state index >= 15 is 0 Å². The Labute approximate surface area is 134 Å². The lowest BCUT2D eigenvalue weighted by Crippen LogP contribution is -2.51. The Morgan fingerprint density at radius 1 is 1.52 bits per heavy atom. The second-order valence-corrected chi connectivity index (χ2v) is 7.44. The third kappa shape index (κ3) is 3.96. The van der Waals surface area contributed by atoms with Gasteiger partial charge in [0.2, 0.25) is 0 Å². The van der Waals surface area contributed by atoms with Crippen molar-refractivity contribution in [2.75, 3.05) is 13.2 Å². The Morgan fingerprint density at radius 2 is 2.33 bits per heavy atom. The largest absolute Gasteiger partial charge is 0.465 e. The number of aromatic nitrogens is 2. The van der Waals surface area contributed by atoms with E-state index in [0.29, 0.717) is 11.9 Å². The zero-order valence-electron chi connectivity index (χ0n) is 12.8. The normalized spacial score (nSPS) is 25.2. The molecule has 0 aliphatic heterocycles. The average molecular weight is 329 g/mol. The van der Waals surface area contributed by atoms with E-state index in [2.05, 4.69) is 21.6 Å². The molecule has 2 rings (SSSR count). The highest BCUT2D eigenvalue weighted by Gasteiger charge is 2.46. The van der Waals surface area contributed by atoms with Gasteiger partial charge in [0.15, 0.2) is 4.34 Å². The van der Waals surface area contributed by atoms with Crippen molar-refractivity contribution in [3.8, 4) is 0 Å². The van der Waals surface area contributed by atoms with Crippen LogP contribution in [-0.2, 0) is 16.0 Å². The molecule has 0 radical (unpaired) electrons. The van der Waals surface area contributed by atoms with Crippen molar-refractivity contribution in [1.29, 1.82) is 0 Å². The van der Waals surface area contributed by atoms with E-state index in [9.17, 15) is 4.79 Å². The number of carbonyl (C=O) groups excluding carboxylic acids is 1. The molecular weight excluding hydrogens is 306 g/mol. The van der Waals surface area contributed by atoms with Gasteiger partial charge in [-0.1, -0.05) is 25.6 Å². The molecule has 7 heteroatoms. The average Bonchev–Trinajstić information content (AvgIpc) is 3.08. The van der Waals surface area contributed by atoms with Crippen LogP contribution in [0.5, 0.6) is 0 Å². The second kappa shape index (κ2) is 7.56. The van der Waals surface area contributed by atoms with E-state index in [0.717, 1.165) is 42.4 Å². The highest BCUT2D eigenvalue weighted by atomic mass is 32.2. The standard InChI is InChI=1S/C14H23N3O2S2/c1-4-11-16-13(21-17-11)20-10-7-8-14(9-10,15-5-2)12(18)19-6-3/h10,15H,4-9H2,1-3H3. The summed E-state index contributed by atoms with van der Waals surface area (Å²) in [6, 6.07) is 0. The first kappa shape index (κ1) is 16.7. The topological polar surface area (TPSA) is 64.1 Å². The summed E-state index contributed by atoms with van der Waals surface area (Å²) in [5.41, 5.74) is -0.513. The number of ether oxygens (including phenoxy) is 1. The Balaban J connectivity index is 2.00. The smallest absolute Gasteiger partial charge is 0.326 e. The van der Waals surface area contributed by atoms with Crippen molar-refractivity contribution >= 4 is 29.3 Å². The summed E-state index contributed by atoms with van der Waals surface area (Å²) in [5, 5.41) is 3.75. The van der Waals surface area contributed by atoms with Gasteiger partial charge in [-0.25, -0.2) is 4.98 Å². The van der Waals surface area contributed by atoms with E-state index in [-0.39, 0.29) is 5.97 Å². The SMILES string of the molecule is CCNC1(C(=O)OCC)CCC(Sc2nc(CC)ns2)C1. The Hall–Kier alpha value is -0.660. The molecule has 1 aromatic rings. The highest BCUT2D eigenvalue weighted by molar-refractivity contribution is 8.01. The van der Waals surface area contributed by atoms with Crippen molar-refractivity contribution < 1.29 is 9.53 Å². The number of carbonyl (C=O) groups is 1. The number of nitrogens with zero attached hydrogens (tertiary/aromatic N) is 2. The first-order valence-corrected chi connectivity index (χ1v) is 9.20. The Bertz CT molecular complexity index is 481. The summed E-state index contributed by atoms with van der Waals surface area (Å²) >= 11 is 3.21. The number of likely N-dealkylation sites (N-methyl/N-ethyl adjacent to an activating group) is 1. The lowest BCUT2D eigenvalue weighted by Gasteiger charge is -2.27. The van der Waals surface area contributed by atoms with E-state index in [1.165, 1.54) is 11.5 Å². The maximum absolute atomic E-state index is 12.3. The number of hydrogen-bond acceptors (Lipinski definition) is 7. The van der Waals surface area contributed by atoms with Crippen molar-refractivity contribution in [2.24, 2.45) is 0 Å². The van der Waals surface area contributed by atoms with Gasteiger partial charge in [0.25, 0.3) is 0 Å². The van der Waals surface area contributed by atoms with Crippen LogP contribution < -0.4 is 5.32 Å². The van der Waals surface area contributed by atoms with Gasteiger partial charge < -0.3 is 10.1 Å². The number of nitrogens with one attached hydrogen (secondary N) is 1. The van der Waals surface area contributed by atoms with E-state index < -0.39 is 5.54 Å². The maximum Gasteiger partial charge on any atom is 0.326 e. The molecule has 1 heterocycles. The van der Waals surface area contributed by atoms with E-state index in [4.69, 9.17) is 4.74 Å². The molecule has 21 heavy (non-hydrogen) atoms. The van der Waals surface area contributed by atoms with Crippen LogP contribution in [0, 0.1) is 0 Å². The third-order valence-electron chi connectivity index (χ3n) is 3.68. The van der Waals surface area contributed by atoms with Gasteiger partial charge in [-0.05, 0) is 44.3 Å². The summed E-state index contributed by atoms with van der Waals surface area (Å²) in [7, 11) is 0. The number of rotatable bonds is 7. The molecule has 1 N–H and O–H groups in total. The summed E-state index contributed by atoms with van der Waals surface area (Å²) in [4.78, 5) is 16.8. The van der Waals surface area contributed by atoms with Crippen LogP contribution in [0.4, 0.5) is 0 Å². The molecule has 0 spiro atoms. The van der Waals surface area contributed by atoms with Crippen molar-refractivity contribution in [1.82, 2.24) is 14.7 Å². The molecule has 1 aliphatic rings. The lowest BCUT2D eigenvalue weighted by atomic mass is 9.98. The molecule has 1 fully saturated rings. The molecule has 2 unspecified atom stereocenters. The van der Waals surface area contributed by atoms with E-state index in [1.54, 1.807) is 11.8 Å². The molecule has 5 nitrogen and oxygen atoms in total. The minimum atomic E-state index is -0.513. The fourth-order valence-corrected chi connectivity index (χ4v) is 4.94. The first-order valence-electron chi connectivity index (χ1n) is 7.55. The Morgan fingerprint density at radius 3 is 2.95 bits per heavy atom. The zero-order valence-corrected chi connectivity index (χ0v) is 14.5. The van der Waals surface area contributed by atoms with Crippen LogP contribution in [0.15, 0.2) is 4.34 Å². The highest BCUT2D eigenvalue weighted by Crippen LogP contribution is 2.41. The second-order valence-electron chi connectivity index (χ2n) is 5.15. The summed E-state index contributed by atoms with van der Waals surface area (Å²) in [6.45, 7) is 7.14. The fraction of sp³-hybridized carbons (Fsp3) is 0.786.